The van der Waals surface area contributed by atoms with Crippen LogP contribution in [-0.2, 0) is 20.7 Å². The van der Waals surface area contributed by atoms with E-state index < -0.39 is 17.7 Å². The first kappa shape index (κ1) is 22.4. The Morgan fingerprint density at radius 2 is 1.68 bits per heavy atom. The standard InChI is InChI=1S/C24H27NO6/c1-5-15-6-8-16(9-7-15)21-20(23(27)24(28)25(21)12-13-29-2)22(26)17-10-11-18(30-3)19(14-17)31-4/h6-11,14,21,26H,5,12-13H2,1-4H3/b22-20-. The van der Waals surface area contributed by atoms with E-state index in [9.17, 15) is 14.7 Å². The highest BCUT2D eigenvalue weighted by Gasteiger charge is 2.45. The fourth-order valence-corrected chi connectivity index (χ4v) is 3.72. The van der Waals surface area contributed by atoms with Gasteiger partial charge in [-0.05, 0) is 35.7 Å². The van der Waals surface area contributed by atoms with E-state index in [0.717, 1.165) is 17.5 Å². The highest BCUT2D eigenvalue weighted by molar-refractivity contribution is 6.46. The normalized spacial score (nSPS) is 17.8. The van der Waals surface area contributed by atoms with Gasteiger partial charge in [0.05, 0.1) is 32.4 Å². The molecule has 1 aliphatic heterocycles. The van der Waals surface area contributed by atoms with E-state index in [1.165, 1.54) is 26.2 Å². The Morgan fingerprint density at radius 3 is 2.26 bits per heavy atom. The lowest BCUT2D eigenvalue weighted by molar-refractivity contribution is -0.140. The minimum absolute atomic E-state index is 0.0394. The largest absolute Gasteiger partial charge is 0.507 e. The van der Waals surface area contributed by atoms with Crippen molar-refractivity contribution in [3.63, 3.8) is 0 Å². The molecular formula is C24H27NO6. The highest BCUT2D eigenvalue weighted by Crippen LogP contribution is 2.40. The van der Waals surface area contributed by atoms with Gasteiger partial charge in [-0.1, -0.05) is 31.2 Å². The summed E-state index contributed by atoms with van der Waals surface area (Å²) in [6, 6.07) is 11.8. The minimum atomic E-state index is -0.729. The highest BCUT2D eigenvalue weighted by atomic mass is 16.5. The van der Waals surface area contributed by atoms with E-state index in [2.05, 4.69) is 6.92 Å². The fourth-order valence-electron chi connectivity index (χ4n) is 3.72. The van der Waals surface area contributed by atoms with Gasteiger partial charge in [0.1, 0.15) is 5.76 Å². The van der Waals surface area contributed by atoms with Gasteiger partial charge in [-0.25, -0.2) is 0 Å². The zero-order valence-electron chi connectivity index (χ0n) is 18.2. The van der Waals surface area contributed by atoms with Crippen molar-refractivity contribution in [2.75, 3.05) is 34.5 Å². The molecule has 0 aromatic heterocycles. The SMILES string of the molecule is CCc1ccc(C2/C(=C(/O)c3ccc(OC)c(OC)c3)C(=O)C(=O)N2CCOC)cc1. The molecule has 0 aliphatic carbocycles. The van der Waals surface area contributed by atoms with E-state index in [0.29, 0.717) is 17.1 Å². The quantitative estimate of drug-likeness (QED) is 0.397. The second-order valence-corrected chi connectivity index (χ2v) is 7.15. The Morgan fingerprint density at radius 1 is 1.00 bits per heavy atom. The van der Waals surface area contributed by atoms with E-state index in [1.807, 2.05) is 24.3 Å². The monoisotopic (exact) mass is 425 g/mol. The Labute approximate surface area is 181 Å². The van der Waals surface area contributed by atoms with Gasteiger partial charge in [0.2, 0.25) is 0 Å². The minimum Gasteiger partial charge on any atom is -0.507 e. The molecule has 1 fully saturated rings. The third-order valence-corrected chi connectivity index (χ3v) is 5.44. The number of aliphatic hydroxyl groups is 1. The van der Waals surface area contributed by atoms with Gasteiger partial charge in [-0.15, -0.1) is 0 Å². The molecule has 1 atom stereocenters. The number of ketones is 1. The molecule has 164 valence electrons. The number of aliphatic hydroxyl groups excluding tert-OH is 1. The van der Waals surface area contributed by atoms with E-state index in [-0.39, 0.29) is 24.5 Å². The summed E-state index contributed by atoms with van der Waals surface area (Å²) in [7, 11) is 4.53. The maximum atomic E-state index is 13.0. The van der Waals surface area contributed by atoms with Crippen LogP contribution in [-0.4, -0.2) is 56.2 Å². The van der Waals surface area contributed by atoms with Crippen molar-refractivity contribution in [1.82, 2.24) is 4.90 Å². The fraction of sp³-hybridized carbons (Fsp3) is 0.333. The number of methoxy groups -OCH3 is 3. The lowest BCUT2D eigenvalue weighted by Gasteiger charge is -2.25. The Kier molecular flexibility index (Phi) is 6.97. The second kappa shape index (κ2) is 9.66. The summed E-state index contributed by atoms with van der Waals surface area (Å²) < 4.78 is 15.7. The number of hydrogen-bond donors (Lipinski definition) is 1. The number of ether oxygens (including phenoxy) is 3. The number of likely N-dealkylation sites (tertiary alicyclic amines) is 1. The van der Waals surface area contributed by atoms with Crippen LogP contribution in [0.5, 0.6) is 11.5 Å². The molecule has 0 bridgehead atoms. The zero-order valence-corrected chi connectivity index (χ0v) is 18.2. The lowest BCUT2D eigenvalue weighted by Crippen LogP contribution is -2.32. The number of aryl methyl sites for hydroxylation is 1. The summed E-state index contributed by atoms with van der Waals surface area (Å²) in [6.07, 6.45) is 0.871. The van der Waals surface area contributed by atoms with Crippen molar-refractivity contribution in [1.29, 1.82) is 0 Å². The van der Waals surface area contributed by atoms with Crippen LogP contribution < -0.4 is 9.47 Å². The predicted molar refractivity (Wildman–Crippen MR) is 116 cm³/mol. The number of rotatable bonds is 8. The van der Waals surface area contributed by atoms with Crippen LogP contribution in [0.15, 0.2) is 48.0 Å². The van der Waals surface area contributed by atoms with Crippen LogP contribution in [0.2, 0.25) is 0 Å². The van der Waals surface area contributed by atoms with Gasteiger partial charge in [0.15, 0.2) is 11.5 Å². The van der Waals surface area contributed by atoms with Crippen molar-refractivity contribution in [2.24, 2.45) is 0 Å². The van der Waals surface area contributed by atoms with Gasteiger partial charge in [0.25, 0.3) is 11.7 Å². The van der Waals surface area contributed by atoms with Crippen LogP contribution in [0.25, 0.3) is 5.76 Å². The Hall–Kier alpha value is -3.32. The first-order valence-corrected chi connectivity index (χ1v) is 10.0. The zero-order chi connectivity index (χ0) is 22.5. The summed E-state index contributed by atoms with van der Waals surface area (Å²) in [5, 5.41) is 11.1. The number of hydrogen-bond acceptors (Lipinski definition) is 6. The van der Waals surface area contributed by atoms with Crippen molar-refractivity contribution in [3.8, 4) is 11.5 Å². The van der Waals surface area contributed by atoms with Gasteiger partial charge < -0.3 is 24.2 Å². The molecule has 1 amide bonds. The molecule has 1 heterocycles. The van der Waals surface area contributed by atoms with Gasteiger partial charge in [-0.2, -0.15) is 0 Å². The number of amides is 1. The summed E-state index contributed by atoms with van der Waals surface area (Å²) in [4.78, 5) is 27.2. The third kappa shape index (κ3) is 4.27. The number of carbonyl (C=O) groups is 2. The van der Waals surface area contributed by atoms with Crippen LogP contribution in [0.3, 0.4) is 0 Å². The van der Waals surface area contributed by atoms with Crippen LogP contribution >= 0.6 is 0 Å². The number of benzene rings is 2. The maximum absolute atomic E-state index is 13.0. The average molecular weight is 425 g/mol. The maximum Gasteiger partial charge on any atom is 0.295 e. The van der Waals surface area contributed by atoms with Crippen molar-refractivity contribution in [2.45, 2.75) is 19.4 Å². The van der Waals surface area contributed by atoms with E-state index >= 15 is 0 Å². The summed E-state index contributed by atoms with van der Waals surface area (Å²) in [5.41, 5.74) is 2.28. The summed E-state index contributed by atoms with van der Waals surface area (Å²) in [6.45, 7) is 2.55. The molecule has 2 aromatic carbocycles. The van der Waals surface area contributed by atoms with Crippen molar-refractivity contribution in [3.05, 3.63) is 64.7 Å². The van der Waals surface area contributed by atoms with Crippen molar-refractivity contribution < 1.29 is 28.9 Å². The molecule has 0 radical (unpaired) electrons. The van der Waals surface area contributed by atoms with Gasteiger partial charge in [0, 0.05) is 19.2 Å². The summed E-state index contributed by atoms with van der Waals surface area (Å²) in [5.74, 6) is -0.754. The molecule has 2 aromatic rings. The van der Waals surface area contributed by atoms with E-state index in [1.54, 1.807) is 18.2 Å². The molecule has 0 spiro atoms. The smallest absolute Gasteiger partial charge is 0.295 e. The molecule has 7 nitrogen and oxygen atoms in total. The molecule has 7 heteroatoms. The second-order valence-electron chi connectivity index (χ2n) is 7.15. The average Bonchev–Trinajstić information content (AvgIpc) is 3.06. The topological polar surface area (TPSA) is 85.3 Å². The Bertz CT molecular complexity index is 996. The molecule has 1 unspecified atom stereocenters. The molecule has 3 rings (SSSR count). The summed E-state index contributed by atoms with van der Waals surface area (Å²) >= 11 is 0. The molecule has 1 saturated heterocycles. The molecular weight excluding hydrogens is 398 g/mol. The predicted octanol–water partition coefficient (Wildman–Crippen LogP) is 3.33. The Balaban J connectivity index is 2.15. The van der Waals surface area contributed by atoms with Crippen LogP contribution in [0.1, 0.15) is 29.7 Å². The lowest BCUT2D eigenvalue weighted by atomic mass is 9.94. The van der Waals surface area contributed by atoms with Gasteiger partial charge >= 0.3 is 0 Å². The number of Topliss-reactive ketones (excluding diaryl/α,β-unsaturated/α-hetero) is 1. The molecule has 31 heavy (non-hydrogen) atoms. The first-order chi connectivity index (χ1) is 15.0. The van der Waals surface area contributed by atoms with Gasteiger partial charge in [-0.3, -0.25) is 9.59 Å². The van der Waals surface area contributed by atoms with Crippen LogP contribution in [0, 0.1) is 0 Å². The van der Waals surface area contributed by atoms with Crippen molar-refractivity contribution >= 4 is 17.4 Å². The number of nitrogens with zero attached hydrogens (tertiary/aromatic N) is 1. The third-order valence-electron chi connectivity index (χ3n) is 5.44. The first-order valence-electron chi connectivity index (χ1n) is 10.0. The number of carbonyl (C=O) groups excluding carboxylic acids is 2. The molecule has 1 N–H and O–H groups in total. The molecule has 0 saturated carbocycles. The molecule has 1 aliphatic rings. The van der Waals surface area contributed by atoms with E-state index in [4.69, 9.17) is 14.2 Å². The van der Waals surface area contributed by atoms with Crippen LogP contribution in [0.4, 0.5) is 0 Å².